The van der Waals surface area contributed by atoms with Crippen molar-refractivity contribution in [1.29, 1.82) is 0 Å². The van der Waals surface area contributed by atoms with Crippen molar-refractivity contribution in [2.45, 2.75) is 13.0 Å². The van der Waals surface area contributed by atoms with Gasteiger partial charge >= 0.3 is 0 Å². The molecule has 0 fully saturated rings. The van der Waals surface area contributed by atoms with E-state index in [2.05, 4.69) is 4.98 Å². The highest BCUT2D eigenvalue weighted by molar-refractivity contribution is 7.15. The molecule has 4 nitrogen and oxygen atoms in total. The van der Waals surface area contributed by atoms with E-state index in [4.69, 9.17) is 0 Å². The van der Waals surface area contributed by atoms with Gasteiger partial charge in [-0.2, -0.15) is 0 Å². The Morgan fingerprint density at radius 2 is 2.29 bits per heavy atom. The van der Waals surface area contributed by atoms with Gasteiger partial charge in [-0.1, -0.05) is 12.1 Å². The summed E-state index contributed by atoms with van der Waals surface area (Å²) in [5.41, 5.74) is 2.25. The highest BCUT2D eigenvalue weighted by Crippen LogP contribution is 2.31. The zero-order valence-electron chi connectivity index (χ0n) is 11.1. The molecule has 0 unspecified atom stereocenters. The van der Waals surface area contributed by atoms with Gasteiger partial charge in [-0.05, 0) is 18.1 Å². The molecule has 0 radical (unpaired) electrons. The van der Waals surface area contributed by atoms with E-state index in [0.717, 1.165) is 18.5 Å². The molecule has 2 aromatic heterocycles. The third-order valence-electron chi connectivity index (χ3n) is 3.75. The van der Waals surface area contributed by atoms with Crippen LogP contribution in [0.25, 0.3) is 4.96 Å². The molecule has 0 saturated heterocycles. The fraction of sp³-hybridized carbons (Fsp3) is 0.200. The fourth-order valence-electron chi connectivity index (χ4n) is 2.81. The zero-order valence-corrected chi connectivity index (χ0v) is 11.9. The first-order valence-corrected chi connectivity index (χ1v) is 7.58. The van der Waals surface area contributed by atoms with E-state index >= 15 is 0 Å². The lowest BCUT2D eigenvalue weighted by atomic mass is 10.1. The first-order valence-electron chi connectivity index (χ1n) is 6.70. The van der Waals surface area contributed by atoms with Gasteiger partial charge in [0, 0.05) is 24.2 Å². The van der Waals surface area contributed by atoms with E-state index in [1.807, 2.05) is 16.3 Å². The summed E-state index contributed by atoms with van der Waals surface area (Å²) in [5, 5.41) is 1.83. The summed E-state index contributed by atoms with van der Waals surface area (Å²) in [6.45, 7) is 1.21. The van der Waals surface area contributed by atoms with E-state index in [1.165, 1.54) is 27.9 Å². The number of rotatable bonds is 2. The van der Waals surface area contributed by atoms with Gasteiger partial charge in [0.2, 0.25) is 0 Å². The van der Waals surface area contributed by atoms with Crippen molar-refractivity contribution in [3.8, 4) is 0 Å². The highest BCUT2D eigenvalue weighted by Gasteiger charge is 2.23. The Bertz CT molecular complexity index is 886. The molecule has 21 heavy (non-hydrogen) atoms. The van der Waals surface area contributed by atoms with Gasteiger partial charge < -0.3 is 4.90 Å². The average Bonchev–Trinajstić information content (AvgIpc) is 3.07. The molecule has 3 aromatic rings. The molecule has 0 atom stereocenters. The van der Waals surface area contributed by atoms with Crippen LogP contribution in [0.5, 0.6) is 0 Å². The van der Waals surface area contributed by atoms with Crippen LogP contribution in [0.3, 0.4) is 0 Å². The molecule has 3 heterocycles. The number of thiazole rings is 1. The average molecular weight is 301 g/mol. The van der Waals surface area contributed by atoms with E-state index in [-0.39, 0.29) is 11.4 Å². The van der Waals surface area contributed by atoms with E-state index in [9.17, 15) is 9.18 Å². The van der Waals surface area contributed by atoms with Crippen molar-refractivity contribution in [2.75, 3.05) is 11.4 Å². The smallest absolute Gasteiger partial charge is 0.258 e. The molecule has 0 bridgehead atoms. The van der Waals surface area contributed by atoms with Gasteiger partial charge in [0.25, 0.3) is 5.56 Å². The topological polar surface area (TPSA) is 37.6 Å². The van der Waals surface area contributed by atoms with Crippen molar-refractivity contribution < 1.29 is 4.39 Å². The van der Waals surface area contributed by atoms with Gasteiger partial charge in [-0.3, -0.25) is 9.20 Å². The highest BCUT2D eigenvalue weighted by atomic mass is 32.1. The first-order chi connectivity index (χ1) is 10.2. The Balaban J connectivity index is 1.72. The Morgan fingerprint density at radius 1 is 1.38 bits per heavy atom. The Hall–Kier alpha value is -2.21. The molecule has 1 aliphatic heterocycles. The minimum absolute atomic E-state index is 0.0933. The van der Waals surface area contributed by atoms with Gasteiger partial charge in [-0.15, -0.1) is 11.3 Å². The second kappa shape index (κ2) is 4.66. The van der Waals surface area contributed by atoms with Crippen LogP contribution in [0.2, 0.25) is 0 Å². The first kappa shape index (κ1) is 12.5. The lowest BCUT2D eigenvalue weighted by Gasteiger charge is -2.19. The van der Waals surface area contributed by atoms with Crippen LogP contribution in [0.15, 0.2) is 40.6 Å². The monoisotopic (exact) mass is 301 g/mol. The standard InChI is InChI=1S/C15H12FN3OS/c16-12-3-1-2-10-4-5-18(14(10)12)9-11-8-13(20)19-6-7-21-15(19)17-11/h1-3,6-8H,4-5,9H2. The summed E-state index contributed by atoms with van der Waals surface area (Å²) in [7, 11) is 0. The van der Waals surface area contributed by atoms with Crippen LogP contribution >= 0.6 is 11.3 Å². The van der Waals surface area contributed by atoms with E-state index in [0.29, 0.717) is 22.9 Å². The lowest BCUT2D eigenvalue weighted by Crippen LogP contribution is -2.23. The predicted molar refractivity (Wildman–Crippen MR) is 80.5 cm³/mol. The summed E-state index contributed by atoms with van der Waals surface area (Å²) in [5.74, 6) is -0.209. The van der Waals surface area contributed by atoms with Crippen molar-refractivity contribution in [1.82, 2.24) is 9.38 Å². The summed E-state index contributed by atoms with van der Waals surface area (Å²) < 4.78 is 15.5. The molecule has 6 heteroatoms. The molecule has 4 rings (SSSR count). The minimum atomic E-state index is -0.209. The SMILES string of the molecule is O=c1cc(CN2CCc3cccc(F)c32)nc2sccn12. The van der Waals surface area contributed by atoms with Crippen LogP contribution in [0, 0.1) is 5.82 Å². The Labute approximate surface area is 124 Å². The fourth-order valence-corrected chi connectivity index (χ4v) is 3.54. The Kier molecular flexibility index (Phi) is 2.78. The Morgan fingerprint density at radius 3 is 3.19 bits per heavy atom. The van der Waals surface area contributed by atoms with Crippen molar-refractivity contribution in [3.05, 3.63) is 63.3 Å². The van der Waals surface area contributed by atoms with Crippen LogP contribution in [-0.2, 0) is 13.0 Å². The number of hydrogen-bond acceptors (Lipinski definition) is 4. The van der Waals surface area contributed by atoms with Gasteiger partial charge in [0.1, 0.15) is 5.82 Å². The second-order valence-electron chi connectivity index (χ2n) is 5.06. The van der Waals surface area contributed by atoms with Crippen molar-refractivity contribution in [3.63, 3.8) is 0 Å². The second-order valence-corrected chi connectivity index (χ2v) is 5.93. The minimum Gasteiger partial charge on any atom is -0.363 e. The van der Waals surface area contributed by atoms with Gasteiger partial charge in [0.05, 0.1) is 17.9 Å². The lowest BCUT2D eigenvalue weighted by molar-refractivity contribution is 0.621. The third kappa shape index (κ3) is 2.03. The number of aromatic nitrogens is 2. The van der Waals surface area contributed by atoms with Crippen molar-refractivity contribution >= 4 is 22.0 Å². The molecule has 0 saturated carbocycles. The number of fused-ring (bicyclic) bond motifs is 2. The number of nitrogens with zero attached hydrogens (tertiary/aromatic N) is 3. The molecule has 0 spiro atoms. The number of anilines is 1. The van der Waals surface area contributed by atoms with Crippen LogP contribution in [0.4, 0.5) is 10.1 Å². The van der Waals surface area contributed by atoms with E-state index < -0.39 is 0 Å². The van der Waals surface area contributed by atoms with Gasteiger partial charge in [-0.25, -0.2) is 9.37 Å². The largest absolute Gasteiger partial charge is 0.363 e. The molecular weight excluding hydrogens is 289 g/mol. The molecule has 0 amide bonds. The third-order valence-corrected chi connectivity index (χ3v) is 4.50. The maximum atomic E-state index is 14.0. The summed E-state index contributed by atoms with van der Waals surface area (Å²) in [6, 6.07) is 6.68. The number of hydrogen-bond donors (Lipinski definition) is 0. The van der Waals surface area contributed by atoms with Crippen LogP contribution in [-0.4, -0.2) is 15.9 Å². The quantitative estimate of drug-likeness (QED) is 0.730. The number of halogens is 1. The summed E-state index contributed by atoms with van der Waals surface area (Å²) >= 11 is 1.42. The van der Waals surface area contributed by atoms with E-state index in [1.54, 1.807) is 12.3 Å². The molecule has 0 aliphatic carbocycles. The normalized spacial score (nSPS) is 13.9. The molecule has 1 aliphatic rings. The molecule has 1 aromatic carbocycles. The number of para-hydroxylation sites is 1. The zero-order chi connectivity index (χ0) is 14.4. The maximum absolute atomic E-state index is 14.0. The molecule has 106 valence electrons. The molecular formula is C15H12FN3OS. The number of benzene rings is 1. The predicted octanol–water partition coefficient (Wildman–Crippen LogP) is 2.46. The summed E-state index contributed by atoms with van der Waals surface area (Å²) in [6.07, 6.45) is 2.54. The van der Waals surface area contributed by atoms with Crippen LogP contribution in [0.1, 0.15) is 11.3 Å². The van der Waals surface area contributed by atoms with Crippen LogP contribution < -0.4 is 10.5 Å². The summed E-state index contributed by atoms with van der Waals surface area (Å²) in [4.78, 5) is 19.1. The molecule has 0 N–H and O–H groups in total. The van der Waals surface area contributed by atoms with Crippen molar-refractivity contribution in [2.24, 2.45) is 0 Å². The van der Waals surface area contributed by atoms with Gasteiger partial charge in [0.15, 0.2) is 4.96 Å². The maximum Gasteiger partial charge on any atom is 0.258 e.